The van der Waals surface area contributed by atoms with Crippen LogP contribution in [0.3, 0.4) is 0 Å². The summed E-state index contributed by atoms with van der Waals surface area (Å²) in [5, 5.41) is 10.0. The first-order chi connectivity index (χ1) is 22.3. The summed E-state index contributed by atoms with van der Waals surface area (Å²) in [4.78, 5) is 22.9. The molecule has 46 heavy (non-hydrogen) atoms. The fourth-order valence-electron chi connectivity index (χ4n) is 6.22. The van der Waals surface area contributed by atoms with Crippen molar-refractivity contribution in [2.45, 2.75) is 0 Å². The molecule has 6 nitrogen and oxygen atoms in total. The number of fused-ring (bicyclic) bond motifs is 11. The second-order valence-electron chi connectivity index (χ2n) is 10.9. The number of para-hydroxylation sites is 1. The van der Waals surface area contributed by atoms with Crippen molar-refractivity contribution in [2.75, 3.05) is 0 Å². The van der Waals surface area contributed by atoms with Gasteiger partial charge >= 0.3 is 19.5 Å². The molecule has 10 rings (SSSR count). The van der Waals surface area contributed by atoms with E-state index in [4.69, 9.17) is 9.40 Å². The molecule has 0 atom stereocenters. The van der Waals surface area contributed by atoms with Gasteiger partial charge in [-0.25, -0.2) is 0 Å². The zero-order chi connectivity index (χ0) is 29.7. The van der Waals surface area contributed by atoms with Gasteiger partial charge in [-0.2, -0.15) is 0 Å². The van der Waals surface area contributed by atoms with E-state index in [1.165, 1.54) is 10.8 Å². The van der Waals surface area contributed by atoms with E-state index in [1.54, 1.807) is 12.4 Å². The summed E-state index contributed by atoms with van der Waals surface area (Å²) in [5.41, 5.74) is 5.32. The van der Waals surface area contributed by atoms with Crippen LogP contribution in [0.25, 0.3) is 76.2 Å². The molecular weight excluding hydrogens is 620 g/mol. The smallest absolute Gasteiger partial charge is 0.656 e. The molecule has 10 aromatic rings. The molecule has 0 N–H and O–H groups in total. The van der Waals surface area contributed by atoms with Gasteiger partial charge in [-0.05, 0) is 67.5 Å². The van der Waals surface area contributed by atoms with Gasteiger partial charge in [0.25, 0.3) is 0 Å². The molecule has 5 aromatic heterocycles. The molecule has 0 saturated carbocycles. The van der Waals surface area contributed by atoms with Crippen LogP contribution >= 0.6 is 0 Å². The molecular formula is C39H23N5OZn. The third-order valence-electron chi connectivity index (χ3n) is 8.29. The fraction of sp³-hybridized carbons (Fsp3) is 0. The fourth-order valence-corrected chi connectivity index (χ4v) is 6.22. The molecule has 212 valence electrons. The van der Waals surface area contributed by atoms with E-state index < -0.39 is 0 Å². The van der Waals surface area contributed by atoms with Crippen molar-refractivity contribution in [3.8, 4) is 0 Å². The van der Waals surface area contributed by atoms with E-state index in [0.29, 0.717) is 11.3 Å². The summed E-state index contributed by atoms with van der Waals surface area (Å²) in [6.45, 7) is 0. The Balaban J connectivity index is 0.000000134. The number of pyridine rings is 3. The maximum atomic E-state index is 5.99. The first kappa shape index (κ1) is 27.9. The Morgan fingerprint density at radius 1 is 0.543 bits per heavy atom. The van der Waals surface area contributed by atoms with Gasteiger partial charge in [0.2, 0.25) is 0 Å². The third kappa shape index (κ3) is 4.56. The van der Waals surface area contributed by atoms with Gasteiger partial charge in [0, 0.05) is 17.8 Å². The summed E-state index contributed by atoms with van der Waals surface area (Å²) >= 11 is 0. The van der Waals surface area contributed by atoms with Crippen molar-refractivity contribution < 1.29 is 23.9 Å². The van der Waals surface area contributed by atoms with Gasteiger partial charge in [0.05, 0.1) is 11.2 Å². The van der Waals surface area contributed by atoms with Crippen molar-refractivity contribution in [1.29, 1.82) is 0 Å². The Labute approximate surface area is 275 Å². The maximum absolute atomic E-state index is 5.99. The number of hydrogen-bond acceptors (Lipinski definition) is 4. The van der Waals surface area contributed by atoms with Crippen LogP contribution in [0.1, 0.15) is 0 Å². The van der Waals surface area contributed by atoms with Crippen LogP contribution in [0.5, 0.6) is 0 Å². The van der Waals surface area contributed by atoms with Crippen LogP contribution < -0.4 is 15.5 Å². The summed E-state index contributed by atoms with van der Waals surface area (Å²) < 4.78 is 5.99. The Morgan fingerprint density at radius 2 is 1.30 bits per heavy atom. The molecule has 0 bridgehead atoms. The quantitative estimate of drug-likeness (QED) is 0.167. The van der Waals surface area contributed by atoms with Gasteiger partial charge in [-0.3, -0.25) is 9.97 Å². The number of furan rings is 1. The summed E-state index contributed by atoms with van der Waals surface area (Å²) in [6.07, 6.45) is 5.38. The van der Waals surface area contributed by atoms with Crippen molar-refractivity contribution in [3.05, 3.63) is 145 Å². The monoisotopic (exact) mass is 641 g/mol. The molecule has 0 aliphatic carbocycles. The maximum Gasteiger partial charge on any atom is 2.00 e. The molecule has 0 radical (unpaired) electrons. The van der Waals surface area contributed by atoms with Crippen LogP contribution in [0.2, 0.25) is 0 Å². The zero-order valence-corrected chi connectivity index (χ0v) is 27.6. The second kappa shape index (κ2) is 11.4. The molecule has 7 heteroatoms. The molecule has 5 heterocycles. The van der Waals surface area contributed by atoms with Crippen molar-refractivity contribution in [3.63, 3.8) is 0 Å². The Morgan fingerprint density at radius 3 is 2.20 bits per heavy atom. The first-order valence-electron chi connectivity index (χ1n) is 14.8. The molecule has 0 aliphatic rings. The molecule has 0 saturated heterocycles. The van der Waals surface area contributed by atoms with E-state index in [9.17, 15) is 0 Å². The van der Waals surface area contributed by atoms with E-state index in [-0.39, 0.29) is 19.5 Å². The predicted molar refractivity (Wildman–Crippen MR) is 182 cm³/mol. The van der Waals surface area contributed by atoms with Gasteiger partial charge in [-0.15, -0.1) is 11.0 Å². The molecule has 0 fully saturated rings. The molecule has 5 aromatic carbocycles. The van der Waals surface area contributed by atoms with E-state index in [0.717, 1.165) is 65.4 Å². The molecule has 0 spiro atoms. The average molecular weight is 643 g/mol. The van der Waals surface area contributed by atoms with Crippen molar-refractivity contribution >= 4 is 82.0 Å². The molecule has 0 unspecified atom stereocenters. The first-order valence-corrected chi connectivity index (χ1v) is 14.8. The molecule has 0 aliphatic heterocycles. The normalized spacial score (nSPS) is 11.9. The summed E-state index contributed by atoms with van der Waals surface area (Å²) in [5.74, 6) is 0.706. The third-order valence-corrected chi connectivity index (χ3v) is 8.29. The minimum absolute atomic E-state index is 0. The predicted octanol–water partition coefficient (Wildman–Crippen LogP) is 8.97. The van der Waals surface area contributed by atoms with E-state index in [1.807, 2.05) is 79.0 Å². The summed E-state index contributed by atoms with van der Waals surface area (Å²) in [7, 11) is 0. The van der Waals surface area contributed by atoms with Crippen LogP contribution in [0.4, 0.5) is 5.82 Å². The SMILES string of the molecule is [Zn+2].c1ccc2c(N=c3[n-]ccc4ccccc34)nccc2c1.c1ccc2c(c1)[n-]c1c2ccc2ccc3oc4cccnc4c3c21. The number of rotatable bonds is 1. The second-order valence-corrected chi connectivity index (χ2v) is 10.9. The minimum Gasteiger partial charge on any atom is -0.656 e. The largest absolute Gasteiger partial charge is 2.00 e. The number of hydrogen-bond donors (Lipinski definition) is 0. The standard InChI is InChI=1S/C21H11N2O.C18H12N3.Zn/c1-2-5-15-13(4-1)14-9-7-12-8-10-16-19(18(12)20(14)23-15)21-17(24-16)6-3-11-22-21;1-3-7-15-13(5-1)9-11-19-17(15)21-18-16-8-4-2-6-14(16)10-12-20-18;/h1-11H;1-12H;/q2*-1;+2. The van der Waals surface area contributed by atoms with Crippen LogP contribution in [-0.4, -0.2) is 9.97 Å². The van der Waals surface area contributed by atoms with Crippen LogP contribution in [0.15, 0.2) is 149 Å². The van der Waals surface area contributed by atoms with E-state index in [2.05, 4.69) is 68.5 Å². The van der Waals surface area contributed by atoms with Crippen LogP contribution in [-0.2, 0) is 19.5 Å². The van der Waals surface area contributed by atoms with Crippen LogP contribution in [0, 0.1) is 0 Å². The van der Waals surface area contributed by atoms with Crippen molar-refractivity contribution in [1.82, 2.24) is 19.9 Å². The topological polar surface area (TPSA) is 79.5 Å². The summed E-state index contributed by atoms with van der Waals surface area (Å²) in [6, 6.07) is 40.8. The van der Waals surface area contributed by atoms with E-state index >= 15 is 0 Å². The molecule has 0 amide bonds. The van der Waals surface area contributed by atoms with Crippen molar-refractivity contribution in [2.24, 2.45) is 4.99 Å². The minimum atomic E-state index is 0. The average Bonchev–Trinajstić information content (AvgIpc) is 3.68. The van der Waals surface area contributed by atoms with Gasteiger partial charge in [0.15, 0.2) is 5.58 Å². The van der Waals surface area contributed by atoms with Gasteiger partial charge in [0.1, 0.15) is 11.1 Å². The number of nitrogens with zero attached hydrogens (tertiary/aromatic N) is 5. The zero-order valence-electron chi connectivity index (χ0n) is 24.6. The Hall–Kier alpha value is -5.65. The Kier molecular flexibility index (Phi) is 6.89. The number of benzene rings is 5. The number of aromatic nitrogens is 4. The Bertz CT molecular complexity index is 2780. The van der Waals surface area contributed by atoms with Gasteiger partial charge < -0.3 is 19.4 Å². The van der Waals surface area contributed by atoms with Gasteiger partial charge in [-0.1, -0.05) is 103 Å².